The Bertz CT molecular complexity index is 469. The van der Waals surface area contributed by atoms with E-state index in [1.807, 2.05) is 15.9 Å². The monoisotopic (exact) mass is 318 g/mol. The number of alkyl halides is 3. The van der Waals surface area contributed by atoms with Crippen LogP contribution in [0, 0.1) is 11.8 Å². The Labute approximate surface area is 111 Å². The van der Waals surface area contributed by atoms with E-state index in [0.29, 0.717) is 11.3 Å². The molecule has 0 fully saturated rings. The molecule has 0 bridgehead atoms. The third-order valence-corrected chi connectivity index (χ3v) is 2.15. The largest absolute Gasteiger partial charge is 0.497 e. The van der Waals surface area contributed by atoms with Gasteiger partial charge in [-0.3, -0.25) is 0 Å². The van der Waals surface area contributed by atoms with Crippen LogP contribution in [0.1, 0.15) is 5.56 Å². The first kappa shape index (κ1) is 14.5. The van der Waals surface area contributed by atoms with Crippen molar-refractivity contribution >= 4 is 21.9 Å². The fraction of sp³-hybridized carbons (Fsp3) is 0.250. The van der Waals surface area contributed by atoms with Crippen LogP contribution in [0.5, 0.6) is 5.75 Å². The van der Waals surface area contributed by atoms with Gasteiger partial charge in [-0.05, 0) is 24.3 Å². The highest BCUT2D eigenvalue weighted by atomic mass is 79.9. The normalized spacial score (nSPS) is 10.2. The summed E-state index contributed by atoms with van der Waals surface area (Å²) in [5.41, 5.74) is 0.664. The van der Waals surface area contributed by atoms with Gasteiger partial charge in [-0.15, -0.1) is 0 Å². The molecule has 0 radical (unpaired) electrons. The van der Waals surface area contributed by atoms with Crippen molar-refractivity contribution in [1.29, 1.82) is 0 Å². The summed E-state index contributed by atoms with van der Waals surface area (Å²) in [4.78, 5) is 6.98. The summed E-state index contributed by atoms with van der Waals surface area (Å²) in [6.45, 7) is -0.397. The van der Waals surface area contributed by atoms with Crippen LogP contribution in [-0.2, 0) is 9.53 Å². The molecule has 1 rings (SSSR count). The van der Waals surface area contributed by atoms with Crippen molar-refractivity contribution in [1.82, 2.24) is 0 Å². The van der Waals surface area contributed by atoms with Crippen molar-refractivity contribution in [2.24, 2.45) is 0 Å². The van der Waals surface area contributed by atoms with E-state index < -0.39 is 17.4 Å². The number of ether oxygens (including phenoxy) is 2. The predicted molar refractivity (Wildman–Crippen MR) is 64.7 cm³/mol. The van der Waals surface area contributed by atoms with Crippen molar-refractivity contribution in [3.63, 3.8) is 0 Å². The lowest BCUT2D eigenvalue weighted by Gasteiger charge is -2.05. The van der Waals surface area contributed by atoms with Gasteiger partial charge in [0.15, 0.2) is 6.61 Å². The van der Waals surface area contributed by atoms with Crippen LogP contribution in [0.3, 0.4) is 0 Å². The van der Waals surface area contributed by atoms with Gasteiger partial charge in [0.25, 0.3) is 0 Å². The number of carbonyl (C=O) groups excluding carboxylic acids is 1. The maximum atomic E-state index is 12.3. The molecule has 0 saturated heterocycles. The van der Waals surface area contributed by atoms with Crippen LogP contribution in [0.25, 0.3) is 0 Å². The summed E-state index contributed by atoms with van der Waals surface area (Å²) in [5.74, 6) is 4.14. The van der Waals surface area contributed by atoms with Gasteiger partial charge in [-0.25, -0.2) is 4.79 Å². The van der Waals surface area contributed by atoms with Crippen molar-refractivity contribution < 1.29 is 23.0 Å². The van der Waals surface area contributed by atoms with Gasteiger partial charge in [-0.2, -0.15) is 8.78 Å². The number of halogens is 3. The summed E-state index contributed by atoms with van der Waals surface area (Å²) in [6, 6.07) is 6.82. The molecule has 3 nitrogen and oxygen atoms in total. The van der Waals surface area contributed by atoms with Crippen LogP contribution in [0.4, 0.5) is 8.78 Å². The standard InChI is InChI=1S/C12H9BrF2O3/c1-17-10-6-4-9(5-7-10)3-2-8-18-11(16)12(13,14)15/h4-7H,8H2,1H3. The molecule has 0 heterocycles. The van der Waals surface area contributed by atoms with E-state index in [1.54, 1.807) is 31.4 Å². The average molecular weight is 319 g/mol. The highest BCUT2D eigenvalue weighted by Crippen LogP contribution is 2.22. The maximum absolute atomic E-state index is 12.3. The Hall–Kier alpha value is -1.61. The van der Waals surface area contributed by atoms with E-state index >= 15 is 0 Å². The Morgan fingerprint density at radius 3 is 2.50 bits per heavy atom. The smallest absolute Gasteiger partial charge is 0.396 e. The molecule has 18 heavy (non-hydrogen) atoms. The average Bonchev–Trinajstić information content (AvgIpc) is 2.34. The number of hydrogen-bond acceptors (Lipinski definition) is 3. The predicted octanol–water partition coefficient (Wildman–Crippen LogP) is 2.58. The quantitative estimate of drug-likeness (QED) is 0.488. The number of benzene rings is 1. The second kappa shape index (κ2) is 6.36. The SMILES string of the molecule is COc1ccc(C#CCOC(=O)C(F)(F)Br)cc1. The van der Waals surface area contributed by atoms with Crippen molar-refractivity contribution in [3.05, 3.63) is 29.8 Å². The van der Waals surface area contributed by atoms with E-state index in [4.69, 9.17) is 4.74 Å². The minimum absolute atomic E-state index is 0.397. The highest BCUT2D eigenvalue weighted by Gasteiger charge is 2.36. The molecule has 0 N–H and O–H groups in total. The third-order valence-electron chi connectivity index (χ3n) is 1.83. The minimum Gasteiger partial charge on any atom is -0.497 e. The number of rotatable bonds is 3. The molecule has 0 saturated carbocycles. The molecule has 0 aliphatic rings. The first-order chi connectivity index (χ1) is 8.43. The molecule has 96 valence electrons. The lowest BCUT2D eigenvalue weighted by atomic mass is 10.2. The van der Waals surface area contributed by atoms with Crippen LogP contribution in [-0.4, -0.2) is 24.5 Å². The molecular formula is C12H9BrF2O3. The Balaban J connectivity index is 2.49. The Morgan fingerprint density at radius 2 is 2.00 bits per heavy atom. The lowest BCUT2D eigenvalue weighted by molar-refractivity contribution is -0.157. The zero-order valence-electron chi connectivity index (χ0n) is 9.38. The van der Waals surface area contributed by atoms with Crippen LogP contribution in [0.15, 0.2) is 24.3 Å². The van der Waals surface area contributed by atoms with Gasteiger partial charge in [0.1, 0.15) is 5.75 Å². The molecule has 1 aromatic carbocycles. The molecule has 0 amide bonds. The molecular weight excluding hydrogens is 310 g/mol. The molecule has 0 aromatic heterocycles. The van der Waals surface area contributed by atoms with E-state index in [1.165, 1.54) is 0 Å². The van der Waals surface area contributed by atoms with Gasteiger partial charge < -0.3 is 9.47 Å². The molecule has 0 unspecified atom stereocenters. The fourth-order valence-corrected chi connectivity index (χ4v) is 1.11. The first-order valence-corrected chi connectivity index (χ1v) is 5.59. The van der Waals surface area contributed by atoms with E-state index in [0.717, 1.165) is 0 Å². The molecule has 0 spiro atoms. The van der Waals surface area contributed by atoms with Gasteiger partial charge >= 0.3 is 10.8 Å². The van der Waals surface area contributed by atoms with Gasteiger partial charge in [0, 0.05) is 21.5 Å². The first-order valence-electron chi connectivity index (χ1n) is 4.80. The van der Waals surface area contributed by atoms with Crippen molar-refractivity contribution in [2.45, 2.75) is 4.83 Å². The maximum Gasteiger partial charge on any atom is 0.396 e. The molecule has 1 aromatic rings. The number of carbonyl (C=O) groups is 1. The fourth-order valence-electron chi connectivity index (χ4n) is 0.996. The zero-order chi connectivity index (χ0) is 13.6. The number of methoxy groups -OCH3 is 1. The molecule has 0 aliphatic carbocycles. The molecule has 6 heteroatoms. The van der Waals surface area contributed by atoms with E-state index in [2.05, 4.69) is 16.6 Å². The minimum atomic E-state index is -3.67. The van der Waals surface area contributed by atoms with Crippen LogP contribution >= 0.6 is 15.9 Å². The second-order valence-electron chi connectivity index (χ2n) is 3.10. The summed E-state index contributed by atoms with van der Waals surface area (Å²) >= 11 is 1.89. The van der Waals surface area contributed by atoms with Crippen LogP contribution < -0.4 is 4.74 Å². The van der Waals surface area contributed by atoms with Gasteiger partial charge in [0.2, 0.25) is 0 Å². The summed E-state index contributed by atoms with van der Waals surface area (Å²) in [6.07, 6.45) is 0. The third kappa shape index (κ3) is 4.72. The molecule has 0 aliphatic heterocycles. The molecule has 0 atom stereocenters. The lowest BCUT2D eigenvalue weighted by Crippen LogP contribution is -2.23. The topological polar surface area (TPSA) is 35.5 Å². The van der Waals surface area contributed by atoms with E-state index in [9.17, 15) is 13.6 Å². The van der Waals surface area contributed by atoms with Gasteiger partial charge in [0.05, 0.1) is 7.11 Å². The summed E-state index contributed by atoms with van der Waals surface area (Å²) in [7, 11) is 1.54. The Morgan fingerprint density at radius 1 is 1.39 bits per heavy atom. The van der Waals surface area contributed by atoms with E-state index in [-0.39, 0.29) is 0 Å². The second-order valence-corrected chi connectivity index (χ2v) is 4.10. The zero-order valence-corrected chi connectivity index (χ0v) is 11.0. The van der Waals surface area contributed by atoms with Crippen molar-refractivity contribution in [3.8, 4) is 17.6 Å². The van der Waals surface area contributed by atoms with Gasteiger partial charge in [-0.1, -0.05) is 11.8 Å². The summed E-state index contributed by atoms with van der Waals surface area (Å²) in [5, 5.41) is 0. The van der Waals surface area contributed by atoms with Crippen molar-refractivity contribution in [2.75, 3.05) is 13.7 Å². The summed E-state index contributed by atoms with van der Waals surface area (Å²) < 4.78 is 33.9. The van der Waals surface area contributed by atoms with Crippen LogP contribution in [0.2, 0.25) is 0 Å². The number of esters is 1. The Kier molecular flexibility index (Phi) is 5.10. The number of hydrogen-bond donors (Lipinski definition) is 0. The highest BCUT2D eigenvalue weighted by molar-refractivity contribution is 9.10.